The standard InChI is InChI=1S/C18H19N3O2/c22-12-11-19-18(23)16-13-17(14-7-3-1-4-8-14)21(20-16)15-9-5-2-6-10-15/h1-10,17,22H,11-13H2,(H,19,23). The fourth-order valence-corrected chi connectivity index (χ4v) is 2.67. The van der Waals surface area contributed by atoms with Crippen molar-refractivity contribution in [2.45, 2.75) is 12.5 Å². The molecule has 5 nitrogen and oxygen atoms in total. The Morgan fingerprint density at radius 3 is 2.43 bits per heavy atom. The number of hydrogen-bond donors (Lipinski definition) is 2. The molecule has 0 aliphatic carbocycles. The second-order valence-corrected chi connectivity index (χ2v) is 5.34. The summed E-state index contributed by atoms with van der Waals surface area (Å²) in [6, 6.07) is 19.9. The van der Waals surface area contributed by atoms with E-state index in [2.05, 4.69) is 10.4 Å². The SMILES string of the molecule is O=C(NCCO)C1=NN(c2ccccc2)C(c2ccccc2)C1. The lowest BCUT2D eigenvalue weighted by Gasteiger charge is -2.23. The highest BCUT2D eigenvalue weighted by Gasteiger charge is 2.32. The van der Waals surface area contributed by atoms with Crippen molar-refractivity contribution < 1.29 is 9.90 Å². The predicted octanol–water partition coefficient (Wildman–Crippen LogP) is 2.10. The third-order valence-corrected chi connectivity index (χ3v) is 3.77. The van der Waals surface area contributed by atoms with Gasteiger partial charge in [-0.25, -0.2) is 0 Å². The molecule has 0 bridgehead atoms. The number of carbonyl (C=O) groups excluding carboxylic acids is 1. The molecule has 2 N–H and O–H groups in total. The summed E-state index contributed by atoms with van der Waals surface area (Å²) < 4.78 is 0. The largest absolute Gasteiger partial charge is 0.395 e. The maximum atomic E-state index is 12.2. The van der Waals surface area contributed by atoms with Crippen LogP contribution in [0.1, 0.15) is 18.0 Å². The van der Waals surface area contributed by atoms with Crippen LogP contribution in [0.5, 0.6) is 0 Å². The van der Waals surface area contributed by atoms with Gasteiger partial charge in [0, 0.05) is 13.0 Å². The normalized spacial score (nSPS) is 17.0. The van der Waals surface area contributed by atoms with E-state index < -0.39 is 0 Å². The van der Waals surface area contributed by atoms with Crippen molar-refractivity contribution in [3.05, 3.63) is 66.2 Å². The van der Waals surface area contributed by atoms with Crippen molar-refractivity contribution in [3.63, 3.8) is 0 Å². The van der Waals surface area contributed by atoms with Gasteiger partial charge in [-0.2, -0.15) is 5.10 Å². The maximum absolute atomic E-state index is 12.2. The van der Waals surface area contributed by atoms with Crippen LogP contribution in [-0.4, -0.2) is 29.9 Å². The maximum Gasteiger partial charge on any atom is 0.267 e. The topological polar surface area (TPSA) is 64.9 Å². The first-order valence-electron chi connectivity index (χ1n) is 7.65. The van der Waals surface area contributed by atoms with Gasteiger partial charge in [0.25, 0.3) is 5.91 Å². The van der Waals surface area contributed by atoms with Crippen molar-refractivity contribution >= 4 is 17.3 Å². The zero-order chi connectivity index (χ0) is 16.1. The molecule has 118 valence electrons. The Morgan fingerprint density at radius 2 is 1.78 bits per heavy atom. The van der Waals surface area contributed by atoms with E-state index in [1.54, 1.807) is 0 Å². The van der Waals surface area contributed by atoms with Crippen LogP contribution >= 0.6 is 0 Å². The highest BCUT2D eigenvalue weighted by molar-refractivity contribution is 6.39. The molecule has 0 spiro atoms. The van der Waals surface area contributed by atoms with E-state index in [1.165, 1.54) is 0 Å². The molecule has 2 aromatic rings. The number of aliphatic hydroxyl groups is 1. The Kier molecular flexibility index (Phi) is 4.68. The lowest BCUT2D eigenvalue weighted by Crippen LogP contribution is -2.32. The van der Waals surface area contributed by atoms with Crippen LogP contribution < -0.4 is 10.3 Å². The number of anilines is 1. The molecule has 0 aromatic heterocycles. The van der Waals surface area contributed by atoms with Crippen LogP contribution in [0.25, 0.3) is 0 Å². The van der Waals surface area contributed by atoms with E-state index in [0.29, 0.717) is 12.1 Å². The van der Waals surface area contributed by atoms with Crippen LogP contribution in [0.4, 0.5) is 5.69 Å². The highest BCUT2D eigenvalue weighted by atomic mass is 16.3. The summed E-state index contributed by atoms with van der Waals surface area (Å²) in [4.78, 5) is 12.2. The molecule has 0 fully saturated rings. The number of benzene rings is 2. The minimum atomic E-state index is -0.224. The van der Waals surface area contributed by atoms with Gasteiger partial charge in [-0.05, 0) is 17.7 Å². The van der Waals surface area contributed by atoms with Gasteiger partial charge in [-0.1, -0.05) is 48.5 Å². The van der Waals surface area contributed by atoms with Crippen LogP contribution in [0.15, 0.2) is 65.8 Å². The van der Waals surface area contributed by atoms with Gasteiger partial charge < -0.3 is 10.4 Å². The van der Waals surface area contributed by atoms with Crippen LogP contribution in [0.2, 0.25) is 0 Å². The molecule has 1 aliphatic rings. The summed E-state index contributed by atoms with van der Waals surface area (Å²) in [6.45, 7) is 0.155. The lowest BCUT2D eigenvalue weighted by atomic mass is 10.0. The first-order valence-corrected chi connectivity index (χ1v) is 7.65. The second kappa shape index (κ2) is 7.07. The molecule has 1 atom stereocenters. The Morgan fingerprint density at radius 1 is 1.13 bits per heavy atom. The van der Waals surface area contributed by atoms with Crippen LogP contribution in [0.3, 0.4) is 0 Å². The number of aliphatic hydroxyl groups excluding tert-OH is 1. The number of carbonyl (C=O) groups is 1. The molecule has 23 heavy (non-hydrogen) atoms. The quantitative estimate of drug-likeness (QED) is 0.889. The van der Waals surface area contributed by atoms with E-state index in [1.807, 2.05) is 65.7 Å². The second-order valence-electron chi connectivity index (χ2n) is 5.34. The fraction of sp³-hybridized carbons (Fsp3) is 0.222. The van der Waals surface area contributed by atoms with Crippen molar-refractivity contribution in [2.75, 3.05) is 18.2 Å². The number of nitrogens with zero attached hydrogens (tertiary/aromatic N) is 2. The number of para-hydroxylation sites is 1. The van der Waals surface area contributed by atoms with Crippen molar-refractivity contribution in [3.8, 4) is 0 Å². The minimum absolute atomic E-state index is 0.00604. The highest BCUT2D eigenvalue weighted by Crippen LogP contribution is 2.34. The summed E-state index contributed by atoms with van der Waals surface area (Å²) in [5.41, 5.74) is 2.55. The minimum Gasteiger partial charge on any atom is -0.395 e. The van der Waals surface area contributed by atoms with E-state index in [9.17, 15) is 4.79 Å². The molecular weight excluding hydrogens is 290 g/mol. The number of nitrogens with one attached hydrogen (secondary N) is 1. The Labute approximate surface area is 135 Å². The summed E-state index contributed by atoms with van der Waals surface area (Å²) in [7, 11) is 0. The molecule has 3 rings (SSSR count). The van der Waals surface area contributed by atoms with Crippen LogP contribution in [0, 0.1) is 0 Å². The number of hydrogen-bond acceptors (Lipinski definition) is 4. The van der Waals surface area contributed by atoms with E-state index in [4.69, 9.17) is 5.11 Å². The van der Waals surface area contributed by atoms with E-state index in [0.717, 1.165) is 11.3 Å². The zero-order valence-electron chi connectivity index (χ0n) is 12.7. The molecule has 1 heterocycles. The predicted molar refractivity (Wildman–Crippen MR) is 90.3 cm³/mol. The first-order chi connectivity index (χ1) is 11.3. The van der Waals surface area contributed by atoms with Gasteiger partial charge >= 0.3 is 0 Å². The summed E-state index contributed by atoms with van der Waals surface area (Å²) >= 11 is 0. The molecule has 2 aromatic carbocycles. The van der Waals surface area contributed by atoms with Gasteiger partial charge in [0.05, 0.1) is 18.3 Å². The average Bonchev–Trinajstić information content (AvgIpc) is 3.06. The third-order valence-electron chi connectivity index (χ3n) is 3.77. The smallest absolute Gasteiger partial charge is 0.267 e. The van der Waals surface area contributed by atoms with Gasteiger partial charge in [-0.15, -0.1) is 0 Å². The fourth-order valence-electron chi connectivity index (χ4n) is 2.67. The molecule has 1 unspecified atom stereocenters. The molecule has 0 saturated carbocycles. The Hall–Kier alpha value is -2.66. The van der Waals surface area contributed by atoms with E-state index >= 15 is 0 Å². The van der Waals surface area contributed by atoms with Crippen molar-refractivity contribution in [1.82, 2.24) is 5.32 Å². The number of amides is 1. The van der Waals surface area contributed by atoms with Gasteiger partial charge in [0.15, 0.2) is 0 Å². The van der Waals surface area contributed by atoms with Crippen LogP contribution in [-0.2, 0) is 4.79 Å². The molecular formula is C18H19N3O2. The third kappa shape index (κ3) is 3.40. The van der Waals surface area contributed by atoms with Gasteiger partial charge in [0.1, 0.15) is 5.71 Å². The molecule has 1 amide bonds. The van der Waals surface area contributed by atoms with Crippen molar-refractivity contribution in [1.29, 1.82) is 0 Å². The lowest BCUT2D eigenvalue weighted by molar-refractivity contribution is -0.115. The first kappa shape index (κ1) is 15.2. The zero-order valence-corrected chi connectivity index (χ0v) is 12.7. The monoisotopic (exact) mass is 309 g/mol. The summed E-state index contributed by atoms with van der Waals surface area (Å²) in [5, 5.41) is 17.9. The van der Waals surface area contributed by atoms with Gasteiger partial charge in [0.2, 0.25) is 0 Å². The average molecular weight is 309 g/mol. The van der Waals surface area contributed by atoms with Gasteiger partial charge in [-0.3, -0.25) is 9.80 Å². The van der Waals surface area contributed by atoms with E-state index in [-0.39, 0.29) is 25.1 Å². The molecule has 0 saturated heterocycles. The molecule has 1 aliphatic heterocycles. The van der Waals surface area contributed by atoms with Crippen molar-refractivity contribution in [2.24, 2.45) is 5.10 Å². The molecule has 0 radical (unpaired) electrons. The summed E-state index contributed by atoms with van der Waals surface area (Å²) in [6.07, 6.45) is 0.538. The Bertz CT molecular complexity index is 686. The Balaban J connectivity index is 1.89. The number of hydrazone groups is 1. The molecule has 5 heteroatoms. The number of rotatable bonds is 5. The summed E-state index contributed by atoms with van der Waals surface area (Å²) in [5.74, 6) is -0.224.